The van der Waals surface area contributed by atoms with Crippen LogP contribution >= 0.6 is 0 Å². The number of carbonyl (C=O) groups is 3. The van der Waals surface area contributed by atoms with Gasteiger partial charge in [-0.2, -0.15) is 0 Å². The van der Waals surface area contributed by atoms with E-state index in [1.54, 1.807) is 11.9 Å². The first-order valence-electron chi connectivity index (χ1n) is 14.9. The zero-order chi connectivity index (χ0) is 29.9. The van der Waals surface area contributed by atoms with Crippen molar-refractivity contribution < 1.29 is 23.9 Å². The zero-order valence-corrected chi connectivity index (χ0v) is 26.0. The van der Waals surface area contributed by atoms with Crippen LogP contribution in [0.5, 0.6) is 0 Å². The molecule has 2 unspecified atom stereocenters. The molecule has 2 atom stereocenters. The van der Waals surface area contributed by atoms with Crippen molar-refractivity contribution in [3.8, 4) is 0 Å². The number of ether oxygens (including phenoxy) is 2. The highest BCUT2D eigenvalue weighted by Gasteiger charge is 2.62. The molecule has 1 aliphatic heterocycles. The molecule has 1 saturated heterocycles. The first-order chi connectivity index (χ1) is 19.1. The number of β-lactam (4-membered cyclic amide) rings is 1. The van der Waals surface area contributed by atoms with E-state index < -0.39 is 17.7 Å². The number of rotatable bonds is 17. The van der Waals surface area contributed by atoms with Crippen LogP contribution in [-0.2, 0) is 19.1 Å². The molecule has 9 heteroatoms. The van der Waals surface area contributed by atoms with Gasteiger partial charge in [-0.05, 0) is 52.5 Å². The molecule has 1 heterocycles. The number of imide groups is 1. The third-order valence-electron chi connectivity index (χ3n) is 8.16. The van der Waals surface area contributed by atoms with Crippen molar-refractivity contribution in [2.24, 2.45) is 5.41 Å². The van der Waals surface area contributed by atoms with Gasteiger partial charge in [-0.25, -0.2) is 9.69 Å². The number of nitrogens with one attached hydrogen (secondary N) is 1. The summed E-state index contributed by atoms with van der Waals surface area (Å²) < 4.78 is 11.6. The van der Waals surface area contributed by atoms with E-state index in [1.165, 1.54) is 4.90 Å². The van der Waals surface area contributed by atoms with Gasteiger partial charge in [0.25, 0.3) is 0 Å². The van der Waals surface area contributed by atoms with Crippen LogP contribution in [0.1, 0.15) is 84.4 Å². The van der Waals surface area contributed by atoms with E-state index in [9.17, 15) is 14.4 Å². The number of benzene rings is 1. The Labute approximate surface area is 241 Å². The Morgan fingerprint density at radius 1 is 1.05 bits per heavy atom. The normalized spacial score (nSPS) is 17.2. The standard InChI is InChI=1S/C31H52N4O5/c1-9-13-26(25-16-14-24(7)15-17-25)32-30(38)35-28(37)31(10-2,11-3)29(35)40-22-27(36)33(8)18-19-34(23(5)6)20-21-39-12-4/h14-17,23,26,29H,9-13,18-22H2,1-8H3,(H,32,38). The molecular formula is C31H52N4O5. The number of aryl methyl sites for hydroxylation is 1. The van der Waals surface area contributed by atoms with Gasteiger partial charge < -0.3 is 19.7 Å². The molecule has 1 N–H and O–H groups in total. The van der Waals surface area contributed by atoms with Crippen LogP contribution in [0.2, 0.25) is 0 Å². The maximum absolute atomic E-state index is 13.4. The molecule has 0 spiro atoms. The third-order valence-corrected chi connectivity index (χ3v) is 8.16. The maximum Gasteiger partial charge on any atom is 0.326 e. The molecule has 1 fully saturated rings. The van der Waals surface area contributed by atoms with Gasteiger partial charge in [-0.15, -0.1) is 0 Å². The van der Waals surface area contributed by atoms with Crippen LogP contribution in [0, 0.1) is 12.3 Å². The Balaban J connectivity index is 2.06. The summed E-state index contributed by atoms with van der Waals surface area (Å²) >= 11 is 0. The average Bonchev–Trinajstić information content (AvgIpc) is 2.93. The second-order valence-electron chi connectivity index (χ2n) is 11.0. The van der Waals surface area contributed by atoms with Gasteiger partial charge in [-0.1, -0.05) is 57.0 Å². The van der Waals surface area contributed by atoms with Gasteiger partial charge in [0.2, 0.25) is 11.8 Å². The van der Waals surface area contributed by atoms with Gasteiger partial charge >= 0.3 is 6.03 Å². The number of hydrogen-bond donors (Lipinski definition) is 1. The monoisotopic (exact) mass is 560 g/mol. The highest BCUT2D eigenvalue weighted by molar-refractivity contribution is 6.03. The summed E-state index contributed by atoms with van der Waals surface area (Å²) in [5.41, 5.74) is 1.33. The van der Waals surface area contributed by atoms with E-state index in [4.69, 9.17) is 9.47 Å². The molecule has 1 aromatic rings. The fourth-order valence-electron chi connectivity index (χ4n) is 5.21. The van der Waals surface area contributed by atoms with Gasteiger partial charge in [-0.3, -0.25) is 14.5 Å². The number of likely N-dealkylation sites (tertiary alicyclic amines) is 1. The smallest absolute Gasteiger partial charge is 0.326 e. The van der Waals surface area contributed by atoms with Crippen LogP contribution in [0.25, 0.3) is 0 Å². The fraction of sp³-hybridized carbons (Fsp3) is 0.710. The highest BCUT2D eigenvalue weighted by Crippen LogP contribution is 2.46. The molecule has 0 aliphatic carbocycles. The second kappa shape index (κ2) is 16.1. The summed E-state index contributed by atoms with van der Waals surface area (Å²) in [6.45, 7) is 17.4. The van der Waals surface area contributed by atoms with Crippen molar-refractivity contribution in [3.63, 3.8) is 0 Å². The second-order valence-corrected chi connectivity index (χ2v) is 11.0. The lowest BCUT2D eigenvalue weighted by molar-refractivity contribution is -0.211. The lowest BCUT2D eigenvalue weighted by Gasteiger charge is -2.53. The summed E-state index contributed by atoms with van der Waals surface area (Å²) in [6, 6.07) is 7.70. The SMILES string of the molecule is CCCC(NC(=O)N1C(=O)C(CC)(CC)C1OCC(=O)N(C)CCN(CCOCC)C(C)C)c1ccc(C)cc1. The van der Waals surface area contributed by atoms with Crippen molar-refractivity contribution in [1.82, 2.24) is 20.0 Å². The summed E-state index contributed by atoms with van der Waals surface area (Å²) in [5, 5.41) is 3.05. The van der Waals surface area contributed by atoms with Crippen LogP contribution < -0.4 is 5.32 Å². The molecule has 226 valence electrons. The summed E-state index contributed by atoms with van der Waals surface area (Å²) in [6.07, 6.45) is 1.89. The molecule has 9 nitrogen and oxygen atoms in total. The molecule has 0 saturated carbocycles. The van der Waals surface area contributed by atoms with E-state index in [1.807, 2.05) is 52.0 Å². The molecule has 4 amide bonds. The zero-order valence-electron chi connectivity index (χ0n) is 26.0. The molecule has 40 heavy (non-hydrogen) atoms. The number of hydrogen-bond acceptors (Lipinski definition) is 6. The van der Waals surface area contributed by atoms with Crippen LogP contribution in [0.3, 0.4) is 0 Å². The molecule has 1 aromatic carbocycles. The van der Waals surface area contributed by atoms with E-state index >= 15 is 0 Å². The minimum Gasteiger partial charge on any atom is -0.380 e. The summed E-state index contributed by atoms with van der Waals surface area (Å²) in [4.78, 5) is 44.8. The Bertz CT molecular complexity index is 948. The van der Waals surface area contributed by atoms with Crippen molar-refractivity contribution in [1.29, 1.82) is 0 Å². The van der Waals surface area contributed by atoms with Gasteiger partial charge in [0.1, 0.15) is 6.61 Å². The fourth-order valence-corrected chi connectivity index (χ4v) is 5.21. The molecular weight excluding hydrogens is 508 g/mol. The molecule has 0 radical (unpaired) electrons. The topological polar surface area (TPSA) is 91.4 Å². The Kier molecular flexibility index (Phi) is 13.6. The lowest BCUT2D eigenvalue weighted by Crippen LogP contribution is -2.72. The predicted octanol–water partition coefficient (Wildman–Crippen LogP) is 4.74. The molecule has 0 aromatic heterocycles. The predicted molar refractivity (Wildman–Crippen MR) is 158 cm³/mol. The average molecular weight is 561 g/mol. The van der Waals surface area contributed by atoms with Crippen LogP contribution in [-0.4, -0.2) is 91.3 Å². The van der Waals surface area contributed by atoms with E-state index in [-0.39, 0.29) is 24.5 Å². The number of amides is 4. The summed E-state index contributed by atoms with van der Waals surface area (Å²) in [7, 11) is 1.76. The van der Waals surface area contributed by atoms with Crippen LogP contribution in [0.4, 0.5) is 4.79 Å². The molecule has 1 aliphatic rings. The Morgan fingerprint density at radius 2 is 1.70 bits per heavy atom. The number of likely N-dealkylation sites (N-methyl/N-ethyl adjacent to an activating group) is 1. The first-order valence-corrected chi connectivity index (χ1v) is 14.9. The van der Waals surface area contributed by atoms with E-state index in [0.29, 0.717) is 38.6 Å². The minimum absolute atomic E-state index is 0.183. The number of nitrogens with zero attached hydrogens (tertiary/aromatic N) is 3. The van der Waals surface area contributed by atoms with Gasteiger partial charge in [0, 0.05) is 39.3 Å². The van der Waals surface area contributed by atoms with E-state index in [0.717, 1.165) is 37.1 Å². The third kappa shape index (κ3) is 8.27. The number of carbonyl (C=O) groups excluding carboxylic acids is 3. The van der Waals surface area contributed by atoms with Crippen LogP contribution in [0.15, 0.2) is 24.3 Å². The minimum atomic E-state index is -0.811. The maximum atomic E-state index is 13.4. The molecule has 0 bridgehead atoms. The van der Waals surface area contributed by atoms with E-state index in [2.05, 4.69) is 31.0 Å². The highest BCUT2D eigenvalue weighted by atomic mass is 16.5. The quantitative estimate of drug-likeness (QED) is 0.219. The van der Waals surface area contributed by atoms with Crippen molar-refractivity contribution in [2.45, 2.75) is 92.5 Å². The Morgan fingerprint density at radius 3 is 2.25 bits per heavy atom. The lowest BCUT2D eigenvalue weighted by atomic mass is 9.72. The Hall–Kier alpha value is -2.49. The molecule has 2 rings (SSSR count). The number of urea groups is 1. The first kappa shape index (κ1) is 33.7. The van der Waals surface area contributed by atoms with Crippen molar-refractivity contribution >= 4 is 17.8 Å². The van der Waals surface area contributed by atoms with Crippen molar-refractivity contribution in [3.05, 3.63) is 35.4 Å². The van der Waals surface area contributed by atoms with Crippen molar-refractivity contribution in [2.75, 3.05) is 46.5 Å². The largest absolute Gasteiger partial charge is 0.380 e. The van der Waals surface area contributed by atoms with Gasteiger partial charge in [0.05, 0.1) is 18.1 Å². The summed E-state index contributed by atoms with van der Waals surface area (Å²) in [5.74, 6) is -0.431. The van der Waals surface area contributed by atoms with Gasteiger partial charge in [0.15, 0.2) is 6.23 Å².